The topological polar surface area (TPSA) is 84.8 Å². The van der Waals surface area contributed by atoms with Crippen LogP contribution in [0.4, 0.5) is 0 Å². The molecule has 1 aliphatic carbocycles. The molecule has 0 saturated carbocycles. The van der Waals surface area contributed by atoms with E-state index < -0.39 is 0 Å². The van der Waals surface area contributed by atoms with Gasteiger partial charge in [-0.3, -0.25) is 14.6 Å². The molecule has 134 valence electrons. The monoisotopic (exact) mass is 343 g/mol. The molecule has 25 heavy (non-hydrogen) atoms. The molecule has 2 atom stereocenters. The number of carbonyl (C=O) groups excluding carboxylic acids is 1. The van der Waals surface area contributed by atoms with Crippen LogP contribution in [-0.2, 0) is 37.6 Å². The van der Waals surface area contributed by atoms with Crippen LogP contribution in [0.1, 0.15) is 71.5 Å². The lowest BCUT2D eigenvalue weighted by Gasteiger charge is -2.25. The second kappa shape index (κ2) is 6.29. The number of rotatable bonds is 3. The average Bonchev–Trinajstić information content (AvgIpc) is 3.13. The predicted molar refractivity (Wildman–Crippen MR) is 92.3 cm³/mol. The zero-order valence-electron chi connectivity index (χ0n) is 15.1. The molecule has 7 heteroatoms. The van der Waals surface area contributed by atoms with Gasteiger partial charge in [0, 0.05) is 19.0 Å². The minimum absolute atomic E-state index is 0.0584. The summed E-state index contributed by atoms with van der Waals surface area (Å²) in [4.78, 5) is 12.7. The number of nitrogens with one attached hydrogen (secondary N) is 2. The summed E-state index contributed by atoms with van der Waals surface area (Å²) in [5.41, 5.74) is 6.01. The SMILES string of the molecule is C[C@@H]1Cc2c(C(=O)NCc3c4c(nn3C)CCCC4)n[nH]c2[C@H](C)O1. The van der Waals surface area contributed by atoms with Crippen molar-refractivity contribution in [1.29, 1.82) is 0 Å². The number of H-pyrrole nitrogens is 1. The molecule has 1 aliphatic heterocycles. The Bertz CT molecular complexity index is 807. The molecule has 0 radical (unpaired) electrons. The second-order valence-electron chi connectivity index (χ2n) is 7.14. The van der Waals surface area contributed by atoms with Crippen LogP contribution < -0.4 is 5.32 Å². The molecule has 2 aromatic rings. The van der Waals surface area contributed by atoms with Gasteiger partial charge in [0.05, 0.1) is 35.8 Å². The first-order chi connectivity index (χ1) is 12.0. The predicted octanol–water partition coefficient (Wildman–Crippen LogP) is 1.97. The minimum Gasteiger partial charge on any atom is -0.369 e. The number of amides is 1. The van der Waals surface area contributed by atoms with Crippen molar-refractivity contribution in [3.63, 3.8) is 0 Å². The van der Waals surface area contributed by atoms with Gasteiger partial charge >= 0.3 is 0 Å². The number of aromatic nitrogens is 4. The summed E-state index contributed by atoms with van der Waals surface area (Å²) < 4.78 is 7.70. The maximum absolute atomic E-state index is 12.7. The Morgan fingerprint density at radius 1 is 1.32 bits per heavy atom. The fourth-order valence-electron chi connectivity index (χ4n) is 4.08. The van der Waals surface area contributed by atoms with Gasteiger partial charge in [0.1, 0.15) is 0 Å². The Kier molecular flexibility index (Phi) is 4.11. The molecule has 4 rings (SSSR count). The molecule has 2 N–H and O–H groups in total. The zero-order valence-corrected chi connectivity index (χ0v) is 15.1. The van der Waals surface area contributed by atoms with Gasteiger partial charge in [0.25, 0.3) is 5.91 Å². The van der Waals surface area contributed by atoms with Gasteiger partial charge in [-0.05, 0) is 45.1 Å². The Labute approximate surface area is 147 Å². The van der Waals surface area contributed by atoms with Crippen molar-refractivity contribution in [2.24, 2.45) is 7.05 Å². The molecule has 0 bridgehead atoms. The van der Waals surface area contributed by atoms with Crippen molar-refractivity contribution in [3.05, 3.63) is 33.9 Å². The van der Waals surface area contributed by atoms with Crippen LogP contribution in [0.5, 0.6) is 0 Å². The number of fused-ring (bicyclic) bond motifs is 2. The van der Waals surface area contributed by atoms with Crippen molar-refractivity contribution >= 4 is 5.91 Å². The summed E-state index contributed by atoms with van der Waals surface area (Å²) in [6.45, 7) is 4.49. The highest BCUT2D eigenvalue weighted by molar-refractivity contribution is 5.94. The first-order valence-electron chi connectivity index (χ1n) is 9.09. The van der Waals surface area contributed by atoms with Gasteiger partial charge in [0.15, 0.2) is 5.69 Å². The van der Waals surface area contributed by atoms with Crippen molar-refractivity contribution in [2.75, 3.05) is 0 Å². The van der Waals surface area contributed by atoms with E-state index in [0.29, 0.717) is 18.7 Å². The molecular weight excluding hydrogens is 318 g/mol. The van der Waals surface area contributed by atoms with Crippen LogP contribution >= 0.6 is 0 Å². The standard InChI is InChI=1S/C18H25N5O2/c1-10-8-13-16(11(2)25-10)20-21-17(13)18(24)19-9-15-12-6-4-5-7-14(12)22-23(15)3/h10-11H,4-9H2,1-3H3,(H,19,24)(H,20,21)/t10-,11+/m1/s1. The van der Waals surface area contributed by atoms with Crippen molar-refractivity contribution in [3.8, 4) is 0 Å². The number of aromatic amines is 1. The molecule has 1 amide bonds. The van der Waals surface area contributed by atoms with E-state index in [0.717, 1.165) is 29.8 Å². The van der Waals surface area contributed by atoms with Gasteiger partial charge in [-0.1, -0.05) is 0 Å². The zero-order chi connectivity index (χ0) is 17.6. The second-order valence-corrected chi connectivity index (χ2v) is 7.14. The lowest BCUT2D eigenvalue weighted by molar-refractivity contribution is -0.00697. The fraction of sp³-hybridized carbons (Fsp3) is 0.611. The van der Waals surface area contributed by atoms with Crippen LogP contribution in [-0.4, -0.2) is 32.0 Å². The summed E-state index contributed by atoms with van der Waals surface area (Å²) in [5, 5.41) is 14.9. The highest BCUT2D eigenvalue weighted by Crippen LogP contribution is 2.30. The Morgan fingerprint density at radius 3 is 2.96 bits per heavy atom. The minimum atomic E-state index is -0.135. The molecule has 0 saturated heterocycles. The normalized spacial score (nSPS) is 22.4. The van der Waals surface area contributed by atoms with E-state index in [9.17, 15) is 4.79 Å². The van der Waals surface area contributed by atoms with E-state index in [1.54, 1.807) is 0 Å². The molecule has 7 nitrogen and oxygen atoms in total. The third-order valence-corrected chi connectivity index (χ3v) is 5.31. The summed E-state index contributed by atoms with van der Waals surface area (Å²) in [6, 6.07) is 0. The fourth-order valence-corrected chi connectivity index (χ4v) is 4.08. The highest BCUT2D eigenvalue weighted by atomic mass is 16.5. The molecule has 2 aliphatic rings. The van der Waals surface area contributed by atoms with Crippen LogP contribution in [0.2, 0.25) is 0 Å². The Hall–Kier alpha value is -2.15. The molecule has 3 heterocycles. The number of nitrogens with zero attached hydrogens (tertiary/aromatic N) is 3. The summed E-state index contributed by atoms with van der Waals surface area (Å²) in [7, 11) is 1.96. The number of carbonyl (C=O) groups is 1. The van der Waals surface area contributed by atoms with E-state index in [1.807, 2.05) is 25.6 Å². The Morgan fingerprint density at radius 2 is 2.12 bits per heavy atom. The van der Waals surface area contributed by atoms with Crippen LogP contribution in [0.3, 0.4) is 0 Å². The molecule has 0 spiro atoms. The summed E-state index contributed by atoms with van der Waals surface area (Å²) in [6.07, 6.45) is 5.24. The van der Waals surface area contributed by atoms with E-state index in [-0.39, 0.29) is 18.1 Å². The summed E-state index contributed by atoms with van der Waals surface area (Å²) >= 11 is 0. The van der Waals surface area contributed by atoms with Crippen LogP contribution in [0.15, 0.2) is 0 Å². The highest BCUT2D eigenvalue weighted by Gasteiger charge is 2.29. The average molecular weight is 343 g/mol. The molecule has 2 aromatic heterocycles. The number of ether oxygens (including phenoxy) is 1. The third kappa shape index (κ3) is 2.86. The number of hydrogen-bond donors (Lipinski definition) is 2. The number of aryl methyl sites for hydroxylation is 2. The maximum Gasteiger partial charge on any atom is 0.272 e. The van der Waals surface area contributed by atoms with Gasteiger partial charge in [-0.2, -0.15) is 10.2 Å². The molecule has 0 fully saturated rings. The number of hydrogen-bond acceptors (Lipinski definition) is 4. The largest absolute Gasteiger partial charge is 0.369 e. The Balaban J connectivity index is 1.52. The lowest BCUT2D eigenvalue weighted by atomic mass is 9.96. The van der Waals surface area contributed by atoms with Gasteiger partial charge in [-0.15, -0.1) is 0 Å². The summed E-state index contributed by atoms with van der Waals surface area (Å²) in [5.74, 6) is -0.135. The third-order valence-electron chi connectivity index (χ3n) is 5.31. The lowest BCUT2D eigenvalue weighted by Crippen LogP contribution is -2.28. The first kappa shape index (κ1) is 16.3. The van der Waals surface area contributed by atoms with Crippen molar-refractivity contribution < 1.29 is 9.53 Å². The molecule has 0 aromatic carbocycles. The van der Waals surface area contributed by atoms with E-state index >= 15 is 0 Å². The quantitative estimate of drug-likeness (QED) is 0.892. The van der Waals surface area contributed by atoms with Crippen LogP contribution in [0.25, 0.3) is 0 Å². The first-order valence-corrected chi connectivity index (χ1v) is 9.09. The smallest absolute Gasteiger partial charge is 0.272 e. The van der Waals surface area contributed by atoms with Gasteiger partial charge in [-0.25, -0.2) is 0 Å². The van der Waals surface area contributed by atoms with Crippen molar-refractivity contribution in [1.82, 2.24) is 25.3 Å². The van der Waals surface area contributed by atoms with Crippen LogP contribution in [0, 0.1) is 0 Å². The van der Waals surface area contributed by atoms with Gasteiger partial charge < -0.3 is 10.1 Å². The van der Waals surface area contributed by atoms with Gasteiger partial charge in [0.2, 0.25) is 0 Å². The van der Waals surface area contributed by atoms with E-state index in [2.05, 4.69) is 20.6 Å². The van der Waals surface area contributed by atoms with E-state index in [4.69, 9.17) is 4.74 Å². The molecule has 0 unspecified atom stereocenters. The van der Waals surface area contributed by atoms with E-state index in [1.165, 1.54) is 24.1 Å². The maximum atomic E-state index is 12.7. The van der Waals surface area contributed by atoms with Crippen molar-refractivity contribution in [2.45, 2.75) is 64.7 Å². The molecular formula is C18H25N5O2.